The van der Waals surface area contributed by atoms with Gasteiger partial charge in [-0.15, -0.1) is 0 Å². The molecule has 0 aromatic carbocycles. The summed E-state index contributed by atoms with van der Waals surface area (Å²) in [4.78, 5) is 13.1. The summed E-state index contributed by atoms with van der Waals surface area (Å²) in [6.07, 6.45) is -0.377. The molecule has 0 aliphatic carbocycles. The molecule has 1 aliphatic heterocycles. The van der Waals surface area contributed by atoms with E-state index in [4.69, 9.17) is 4.74 Å². The molecule has 90 valence electrons. The van der Waals surface area contributed by atoms with Crippen molar-refractivity contribution in [2.24, 2.45) is 0 Å². The van der Waals surface area contributed by atoms with Crippen LogP contribution in [0.15, 0.2) is 0 Å². The number of carbonyl (C=O) groups excluding carboxylic acids is 1. The summed E-state index contributed by atoms with van der Waals surface area (Å²) >= 11 is 0. The zero-order chi connectivity index (χ0) is 11.7. The molecule has 1 rings (SSSR count). The minimum absolute atomic E-state index is 0.256. The fourth-order valence-corrected chi connectivity index (χ4v) is 2.47. The van der Waals surface area contributed by atoms with E-state index < -0.39 is 16.2 Å². The lowest BCUT2D eigenvalue weighted by atomic mass is 10.2. The van der Waals surface area contributed by atoms with Crippen LogP contribution in [0, 0.1) is 0 Å². The second-order valence-electron chi connectivity index (χ2n) is 4.68. The Morgan fingerprint density at radius 3 is 2.13 bits per heavy atom. The normalized spacial score (nSPS) is 23.4. The molecule has 15 heavy (non-hydrogen) atoms. The summed E-state index contributed by atoms with van der Waals surface area (Å²) in [7, 11) is -2.44. The molecule has 0 saturated carbocycles. The van der Waals surface area contributed by atoms with Gasteiger partial charge in [-0.3, -0.25) is 9.11 Å². The highest BCUT2D eigenvalue weighted by molar-refractivity contribution is 8.24. The summed E-state index contributed by atoms with van der Waals surface area (Å²) in [5.41, 5.74) is -0.503. The molecule has 0 bridgehead atoms. The summed E-state index contributed by atoms with van der Waals surface area (Å²) < 4.78 is 23.9. The Hall–Kier alpha value is -0.460. The number of carbonyl (C=O) groups is 1. The molecular weight excluding hydrogens is 218 g/mol. The lowest BCUT2D eigenvalue weighted by molar-refractivity contribution is 0.0265. The summed E-state index contributed by atoms with van der Waals surface area (Å²) in [5.74, 6) is 0.512. The van der Waals surface area contributed by atoms with Gasteiger partial charge < -0.3 is 9.64 Å². The maximum Gasteiger partial charge on any atom is 0.410 e. The second kappa shape index (κ2) is 4.19. The predicted octanol–water partition coefficient (Wildman–Crippen LogP) is 1.99. The maximum atomic E-state index is 11.6. The lowest BCUT2D eigenvalue weighted by Gasteiger charge is -2.41. The largest absolute Gasteiger partial charge is 0.444 e. The van der Waals surface area contributed by atoms with Gasteiger partial charge in [-0.1, -0.05) is 0 Å². The number of amides is 1. The molecule has 0 aromatic heterocycles. The number of ether oxygens (including phenoxy) is 1. The zero-order valence-electron chi connectivity index (χ0n) is 9.39. The van der Waals surface area contributed by atoms with Crippen LogP contribution in [-0.4, -0.2) is 50.3 Å². The molecule has 0 unspecified atom stereocenters. The number of hydrogen-bond donors (Lipinski definition) is 2. The highest BCUT2D eigenvalue weighted by atomic mass is 32.3. The van der Waals surface area contributed by atoms with Crippen LogP contribution in [0.3, 0.4) is 0 Å². The molecule has 1 saturated heterocycles. The molecule has 1 aliphatic rings. The molecule has 0 aromatic rings. The smallest absolute Gasteiger partial charge is 0.410 e. The standard InChI is InChI=1S/C9H19NO4S/c1-9(2,3)14-8(11)10-4-6-15(12,13)7-5-10/h12-13H,4-7H2,1-3H3. The maximum absolute atomic E-state index is 11.6. The third-order valence-corrected chi connectivity index (χ3v) is 3.70. The Morgan fingerprint density at radius 1 is 1.27 bits per heavy atom. The Bertz CT molecular complexity index is 239. The van der Waals surface area contributed by atoms with Crippen molar-refractivity contribution in [3.8, 4) is 0 Å². The van der Waals surface area contributed by atoms with Crippen LogP contribution >= 0.6 is 10.6 Å². The van der Waals surface area contributed by atoms with Gasteiger partial charge in [0, 0.05) is 13.1 Å². The van der Waals surface area contributed by atoms with E-state index in [0.717, 1.165) is 0 Å². The third kappa shape index (κ3) is 4.27. The first-order valence-electron chi connectivity index (χ1n) is 4.91. The van der Waals surface area contributed by atoms with Crippen molar-refractivity contribution in [1.82, 2.24) is 4.90 Å². The predicted molar refractivity (Wildman–Crippen MR) is 60.4 cm³/mol. The highest BCUT2D eigenvalue weighted by Gasteiger charge is 2.28. The van der Waals surface area contributed by atoms with E-state index in [-0.39, 0.29) is 17.6 Å². The third-order valence-electron chi connectivity index (χ3n) is 2.03. The first-order chi connectivity index (χ1) is 6.70. The van der Waals surface area contributed by atoms with Crippen molar-refractivity contribution in [2.45, 2.75) is 26.4 Å². The van der Waals surface area contributed by atoms with Gasteiger partial charge in [0.15, 0.2) is 0 Å². The van der Waals surface area contributed by atoms with Gasteiger partial charge in [0.1, 0.15) is 5.60 Å². The van der Waals surface area contributed by atoms with E-state index in [1.165, 1.54) is 4.90 Å². The van der Waals surface area contributed by atoms with Crippen LogP contribution in [0.5, 0.6) is 0 Å². The van der Waals surface area contributed by atoms with E-state index in [1.54, 1.807) is 0 Å². The number of hydrogen-bond acceptors (Lipinski definition) is 4. The van der Waals surface area contributed by atoms with E-state index in [0.29, 0.717) is 13.1 Å². The van der Waals surface area contributed by atoms with E-state index in [1.807, 2.05) is 20.8 Å². The molecule has 0 spiro atoms. The van der Waals surface area contributed by atoms with Gasteiger partial charge >= 0.3 is 6.09 Å². The summed E-state index contributed by atoms with van der Waals surface area (Å²) in [6, 6.07) is 0. The van der Waals surface area contributed by atoms with Crippen molar-refractivity contribution >= 4 is 16.7 Å². The quantitative estimate of drug-likeness (QED) is 0.676. The van der Waals surface area contributed by atoms with Crippen molar-refractivity contribution in [3.05, 3.63) is 0 Å². The molecule has 1 heterocycles. The highest BCUT2D eigenvalue weighted by Crippen LogP contribution is 2.40. The van der Waals surface area contributed by atoms with E-state index in [2.05, 4.69) is 0 Å². The monoisotopic (exact) mass is 237 g/mol. The van der Waals surface area contributed by atoms with Crippen LogP contribution < -0.4 is 0 Å². The van der Waals surface area contributed by atoms with Crippen LogP contribution in [-0.2, 0) is 4.74 Å². The fourth-order valence-electron chi connectivity index (χ4n) is 1.24. The van der Waals surface area contributed by atoms with Crippen molar-refractivity contribution < 1.29 is 18.6 Å². The molecule has 1 fully saturated rings. The molecule has 6 heteroatoms. The van der Waals surface area contributed by atoms with Crippen molar-refractivity contribution in [1.29, 1.82) is 0 Å². The zero-order valence-corrected chi connectivity index (χ0v) is 10.2. The first kappa shape index (κ1) is 12.6. The van der Waals surface area contributed by atoms with Gasteiger partial charge in [-0.2, -0.15) is 10.6 Å². The lowest BCUT2D eigenvalue weighted by Crippen LogP contribution is -2.44. The van der Waals surface area contributed by atoms with Crippen LogP contribution in [0.4, 0.5) is 4.79 Å². The first-order valence-corrected chi connectivity index (χ1v) is 6.80. The van der Waals surface area contributed by atoms with Crippen LogP contribution in [0.2, 0.25) is 0 Å². The van der Waals surface area contributed by atoms with Gasteiger partial charge in [0.25, 0.3) is 0 Å². The van der Waals surface area contributed by atoms with E-state index >= 15 is 0 Å². The molecular formula is C9H19NO4S. The van der Waals surface area contributed by atoms with Gasteiger partial charge in [0.05, 0.1) is 11.5 Å². The molecule has 5 nitrogen and oxygen atoms in total. The topological polar surface area (TPSA) is 70.0 Å². The Kier molecular flexibility index (Phi) is 3.52. The Labute approximate surface area is 91.8 Å². The molecule has 2 N–H and O–H groups in total. The van der Waals surface area contributed by atoms with Crippen LogP contribution in [0.1, 0.15) is 20.8 Å². The summed E-state index contributed by atoms with van der Waals surface area (Å²) in [6.45, 7) is 6.14. The van der Waals surface area contributed by atoms with Crippen molar-refractivity contribution in [3.63, 3.8) is 0 Å². The van der Waals surface area contributed by atoms with Gasteiger partial charge in [0.2, 0.25) is 0 Å². The second-order valence-corrected chi connectivity index (χ2v) is 7.10. The molecule has 1 amide bonds. The number of rotatable bonds is 0. The summed E-state index contributed by atoms with van der Waals surface area (Å²) in [5, 5.41) is 0. The minimum atomic E-state index is -2.44. The minimum Gasteiger partial charge on any atom is -0.444 e. The van der Waals surface area contributed by atoms with Gasteiger partial charge in [-0.05, 0) is 20.8 Å². The number of nitrogens with zero attached hydrogens (tertiary/aromatic N) is 1. The molecule has 0 atom stereocenters. The van der Waals surface area contributed by atoms with Crippen LogP contribution in [0.25, 0.3) is 0 Å². The fraction of sp³-hybridized carbons (Fsp3) is 0.889. The average molecular weight is 237 g/mol. The Morgan fingerprint density at radius 2 is 1.73 bits per heavy atom. The Balaban J connectivity index is 2.44. The van der Waals surface area contributed by atoms with E-state index in [9.17, 15) is 13.9 Å². The van der Waals surface area contributed by atoms with Crippen molar-refractivity contribution in [2.75, 3.05) is 24.6 Å². The average Bonchev–Trinajstić information content (AvgIpc) is 2.00. The SMILES string of the molecule is CC(C)(C)OC(=O)N1CCS(O)(O)CC1. The molecule has 0 radical (unpaired) electrons. The van der Waals surface area contributed by atoms with Gasteiger partial charge in [-0.25, -0.2) is 4.79 Å².